The van der Waals surface area contributed by atoms with E-state index in [2.05, 4.69) is 31.3 Å². The summed E-state index contributed by atoms with van der Waals surface area (Å²) in [4.78, 5) is 11.8. The minimum atomic E-state index is 0.195. The fraction of sp³-hybridized carbons (Fsp3) is 0.800. The van der Waals surface area contributed by atoms with Crippen molar-refractivity contribution < 1.29 is 9.53 Å². The van der Waals surface area contributed by atoms with E-state index in [0.717, 1.165) is 32.4 Å². The van der Waals surface area contributed by atoms with Crippen LogP contribution in [0.5, 0.6) is 0 Å². The number of hydrogen-bond donors (Lipinski definition) is 1. The lowest BCUT2D eigenvalue weighted by Gasteiger charge is -2.22. The molecule has 1 amide bonds. The molecule has 1 saturated heterocycles. The molecule has 1 fully saturated rings. The number of rotatable bonds is 5. The van der Waals surface area contributed by atoms with Gasteiger partial charge in [-0.2, -0.15) is 0 Å². The first-order chi connectivity index (χ1) is 8.66. The van der Waals surface area contributed by atoms with Crippen LogP contribution in [0.25, 0.3) is 0 Å². The Hall–Kier alpha value is -0.830. The van der Waals surface area contributed by atoms with Crippen molar-refractivity contribution >= 4 is 5.91 Å². The first kappa shape index (κ1) is 13.6. The van der Waals surface area contributed by atoms with Gasteiger partial charge in [-0.15, -0.1) is 0 Å². The van der Waals surface area contributed by atoms with Crippen molar-refractivity contribution in [1.29, 1.82) is 0 Å². The lowest BCUT2D eigenvalue weighted by Crippen LogP contribution is -2.35. The summed E-state index contributed by atoms with van der Waals surface area (Å²) in [6, 6.07) is 0. The Bertz CT molecular complexity index is 312. The lowest BCUT2D eigenvalue weighted by molar-refractivity contribution is -0.122. The van der Waals surface area contributed by atoms with Crippen LogP contribution in [-0.4, -0.2) is 25.2 Å². The number of carbonyl (C=O) groups is 1. The summed E-state index contributed by atoms with van der Waals surface area (Å²) in [7, 11) is 0. The highest BCUT2D eigenvalue weighted by Crippen LogP contribution is 2.26. The van der Waals surface area contributed by atoms with E-state index >= 15 is 0 Å². The van der Waals surface area contributed by atoms with Crippen LogP contribution >= 0.6 is 0 Å². The zero-order chi connectivity index (χ0) is 13.0. The highest BCUT2D eigenvalue weighted by Gasteiger charge is 2.30. The summed E-state index contributed by atoms with van der Waals surface area (Å²) in [6.07, 6.45) is 8.66. The number of nitrogens with one attached hydrogen (secondary N) is 1. The molecule has 18 heavy (non-hydrogen) atoms. The standard InChI is InChI=1S/C15H25NO2/c1-11(2)15-13(7-8-18-15)10-16-14(17)9-12-5-3-4-6-12/h3,5,11-13,15H,4,6-10H2,1-2H3,(H,16,17)/t12-,13-,15+/m1/s1. The molecule has 0 saturated carbocycles. The largest absolute Gasteiger partial charge is 0.378 e. The normalized spacial score (nSPS) is 31.2. The monoisotopic (exact) mass is 251 g/mol. The van der Waals surface area contributed by atoms with Crippen molar-refractivity contribution in [3.05, 3.63) is 12.2 Å². The number of ether oxygens (including phenoxy) is 1. The van der Waals surface area contributed by atoms with Crippen molar-refractivity contribution in [2.45, 2.75) is 45.6 Å². The fourth-order valence-electron chi connectivity index (χ4n) is 3.03. The Kier molecular flexibility index (Phi) is 4.81. The highest BCUT2D eigenvalue weighted by molar-refractivity contribution is 5.76. The average Bonchev–Trinajstić information content (AvgIpc) is 2.96. The van der Waals surface area contributed by atoms with Gasteiger partial charge in [0.2, 0.25) is 5.91 Å². The van der Waals surface area contributed by atoms with Gasteiger partial charge in [0.05, 0.1) is 6.10 Å². The van der Waals surface area contributed by atoms with E-state index < -0.39 is 0 Å². The molecule has 0 spiro atoms. The molecular weight excluding hydrogens is 226 g/mol. The summed E-state index contributed by atoms with van der Waals surface area (Å²) < 4.78 is 5.73. The molecule has 3 atom stereocenters. The molecule has 3 heteroatoms. The van der Waals surface area contributed by atoms with Gasteiger partial charge in [-0.05, 0) is 31.1 Å². The highest BCUT2D eigenvalue weighted by atomic mass is 16.5. The SMILES string of the molecule is CC(C)[C@@H]1OCC[C@@H]1CNC(=O)C[C@@H]1C=CCC1. The molecule has 1 N–H and O–H groups in total. The molecule has 2 rings (SSSR count). The van der Waals surface area contributed by atoms with Crippen LogP contribution in [0.2, 0.25) is 0 Å². The molecule has 0 aromatic rings. The Morgan fingerprint density at radius 3 is 2.94 bits per heavy atom. The molecule has 0 unspecified atom stereocenters. The first-order valence-corrected chi connectivity index (χ1v) is 7.21. The number of amides is 1. The van der Waals surface area contributed by atoms with Crippen LogP contribution < -0.4 is 5.32 Å². The molecule has 0 radical (unpaired) electrons. The van der Waals surface area contributed by atoms with E-state index in [1.54, 1.807) is 0 Å². The maximum atomic E-state index is 11.8. The van der Waals surface area contributed by atoms with Gasteiger partial charge < -0.3 is 10.1 Å². The second-order valence-electron chi connectivity index (χ2n) is 5.90. The third-order valence-corrected chi connectivity index (χ3v) is 4.04. The van der Waals surface area contributed by atoms with E-state index in [0.29, 0.717) is 30.3 Å². The van der Waals surface area contributed by atoms with Crippen molar-refractivity contribution in [2.75, 3.05) is 13.2 Å². The van der Waals surface area contributed by atoms with Crippen LogP contribution in [0.1, 0.15) is 39.5 Å². The summed E-state index contributed by atoms with van der Waals surface area (Å²) in [5, 5.41) is 3.08. The van der Waals surface area contributed by atoms with E-state index in [9.17, 15) is 4.79 Å². The van der Waals surface area contributed by atoms with Gasteiger partial charge in [-0.1, -0.05) is 26.0 Å². The predicted octanol–water partition coefficient (Wildman–Crippen LogP) is 2.52. The van der Waals surface area contributed by atoms with E-state index in [1.807, 2.05) is 0 Å². The Labute approximate surface area is 110 Å². The average molecular weight is 251 g/mol. The zero-order valence-corrected chi connectivity index (χ0v) is 11.5. The molecular formula is C15H25NO2. The van der Waals surface area contributed by atoms with E-state index in [1.165, 1.54) is 0 Å². The third kappa shape index (κ3) is 3.58. The van der Waals surface area contributed by atoms with Gasteiger partial charge in [0, 0.05) is 25.5 Å². The van der Waals surface area contributed by atoms with E-state index in [-0.39, 0.29) is 5.91 Å². The van der Waals surface area contributed by atoms with E-state index in [4.69, 9.17) is 4.74 Å². The van der Waals surface area contributed by atoms with Gasteiger partial charge in [-0.25, -0.2) is 0 Å². The maximum Gasteiger partial charge on any atom is 0.220 e. The molecule has 102 valence electrons. The van der Waals surface area contributed by atoms with Crippen molar-refractivity contribution in [3.63, 3.8) is 0 Å². The Morgan fingerprint density at radius 2 is 2.28 bits per heavy atom. The third-order valence-electron chi connectivity index (χ3n) is 4.04. The first-order valence-electron chi connectivity index (χ1n) is 7.21. The minimum absolute atomic E-state index is 0.195. The van der Waals surface area contributed by atoms with Gasteiger partial charge >= 0.3 is 0 Å². The topological polar surface area (TPSA) is 38.3 Å². The summed E-state index contributed by atoms with van der Waals surface area (Å²) in [5.41, 5.74) is 0. The van der Waals surface area contributed by atoms with Crippen molar-refractivity contribution in [3.8, 4) is 0 Å². The second kappa shape index (κ2) is 6.37. The summed E-state index contributed by atoms with van der Waals surface area (Å²) in [5.74, 6) is 1.69. The predicted molar refractivity (Wildman–Crippen MR) is 72.2 cm³/mol. The zero-order valence-electron chi connectivity index (χ0n) is 11.5. The van der Waals surface area contributed by atoms with Crippen LogP contribution in [0.3, 0.4) is 0 Å². The fourth-order valence-corrected chi connectivity index (χ4v) is 3.03. The molecule has 1 heterocycles. The van der Waals surface area contributed by atoms with Gasteiger partial charge in [0.1, 0.15) is 0 Å². The molecule has 1 aliphatic heterocycles. The maximum absolute atomic E-state index is 11.8. The van der Waals surface area contributed by atoms with Crippen molar-refractivity contribution in [1.82, 2.24) is 5.32 Å². The smallest absolute Gasteiger partial charge is 0.220 e. The van der Waals surface area contributed by atoms with Crippen LogP contribution in [-0.2, 0) is 9.53 Å². The van der Waals surface area contributed by atoms with Gasteiger partial charge in [0.15, 0.2) is 0 Å². The Morgan fingerprint density at radius 1 is 1.44 bits per heavy atom. The Balaban J connectivity index is 1.70. The summed E-state index contributed by atoms with van der Waals surface area (Å²) in [6.45, 7) is 6.00. The number of allylic oxidation sites excluding steroid dienone is 2. The number of hydrogen-bond acceptors (Lipinski definition) is 2. The molecule has 0 aromatic carbocycles. The molecule has 0 aromatic heterocycles. The molecule has 0 bridgehead atoms. The summed E-state index contributed by atoms with van der Waals surface area (Å²) >= 11 is 0. The quantitative estimate of drug-likeness (QED) is 0.762. The minimum Gasteiger partial charge on any atom is -0.378 e. The van der Waals surface area contributed by atoms with Crippen LogP contribution in [0.15, 0.2) is 12.2 Å². The van der Waals surface area contributed by atoms with Crippen LogP contribution in [0, 0.1) is 17.8 Å². The lowest BCUT2D eigenvalue weighted by atomic mass is 9.93. The molecule has 2 aliphatic rings. The second-order valence-corrected chi connectivity index (χ2v) is 5.90. The van der Waals surface area contributed by atoms with Gasteiger partial charge in [0.25, 0.3) is 0 Å². The van der Waals surface area contributed by atoms with Crippen LogP contribution in [0.4, 0.5) is 0 Å². The molecule has 3 nitrogen and oxygen atoms in total. The molecule has 1 aliphatic carbocycles. The number of carbonyl (C=O) groups excluding carboxylic acids is 1. The van der Waals surface area contributed by atoms with Crippen molar-refractivity contribution in [2.24, 2.45) is 17.8 Å². The van der Waals surface area contributed by atoms with Gasteiger partial charge in [-0.3, -0.25) is 4.79 Å².